The van der Waals surface area contributed by atoms with Crippen LogP contribution in [0, 0.1) is 0 Å². The Bertz CT molecular complexity index is 1470. The van der Waals surface area contributed by atoms with E-state index in [4.69, 9.17) is 14.6 Å². The second-order valence-electron chi connectivity index (χ2n) is 7.82. The van der Waals surface area contributed by atoms with Crippen molar-refractivity contribution in [1.29, 1.82) is 0 Å². The summed E-state index contributed by atoms with van der Waals surface area (Å²) < 4.78 is 10.5. The Morgan fingerprint density at radius 3 is 1.97 bits per heavy atom. The molecular weight excluding hydrogens is 452 g/mol. The van der Waals surface area contributed by atoms with Crippen LogP contribution in [0.1, 0.15) is 20.7 Å². The van der Waals surface area contributed by atoms with Gasteiger partial charge in [-0.2, -0.15) is 0 Å². The largest absolute Gasteiger partial charge is 0.496 e. The summed E-state index contributed by atoms with van der Waals surface area (Å²) in [5.74, 6) is -0.385. The molecule has 5 heteroatoms. The highest BCUT2D eigenvalue weighted by Crippen LogP contribution is 2.27. The highest BCUT2D eigenvalue weighted by atomic mass is 16.5. The Hall–Kier alpha value is -4.90. The molecule has 178 valence electrons. The van der Waals surface area contributed by atoms with Gasteiger partial charge in [0, 0.05) is 0 Å². The lowest BCUT2D eigenvalue weighted by Gasteiger charge is -2.07. The number of hydrogen-bond acceptors (Lipinski definition) is 4. The fraction of sp³-hybridized carbons (Fsp3) is 0.0323. The molecule has 0 bridgehead atoms. The first-order valence-electron chi connectivity index (χ1n) is 11.3. The Labute approximate surface area is 209 Å². The number of aromatic carboxylic acids is 1. The molecule has 1 N–H and O–H groups in total. The number of carboxylic acid groups (broad SMARTS) is 1. The zero-order chi connectivity index (χ0) is 25.3. The molecule has 0 radical (unpaired) electrons. The van der Waals surface area contributed by atoms with Crippen LogP contribution in [0.2, 0.25) is 0 Å². The van der Waals surface area contributed by atoms with Crippen LogP contribution >= 0.6 is 0 Å². The number of rotatable bonds is 5. The molecule has 5 rings (SSSR count). The van der Waals surface area contributed by atoms with Gasteiger partial charge in [-0.05, 0) is 52.2 Å². The Morgan fingerprint density at radius 1 is 0.639 bits per heavy atom. The van der Waals surface area contributed by atoms with Crippen molar-refractivity contribution in [2.75, 3.05) is 7.11 Å². The molecular formula is C31H24O5. The number of hydrogen-bond donors (Lipinski definition) is 1. The standard InChI is InChI=1S/C17H12O2.C14H12O3/c18-17(19-14-9-2-1-3-10-14)16-12-6-8-13-7-4-5-11-15(13)16;1-17-13-9-11(7-8-12(13)14(15)16)10-5-3-2-4-6-10/h1-12H;2-9H,1H3,(H,15,16). The average Bonchev–Trinajstić information content (AvgIpc) is 2.93. The van der Waals surface area contributed by atoms with Gasteiger partial charge in [-0.1, -0.05) is 91.0 Å². The average molecular weight is 477 g/mol. The lowest BCUT2D eigenvalue weighted by molar-refractivity contribution is 0.0691. The maximum Gasteiger partial charge on any atom is 0.344 e. The molecule has 0 aliphatic heterocycles. The maximum absolute atomic E-state index is 12.2. The smallest absolute Gasteiger partial charge is 0.344 e. The van der Waals surface area contributed by atoms with Crippen molar-refractivity contribution >= 4 is 22.7 Å². The number of carbonyl (C=O) groups is 2. The van der Waals surface area contributed by atoms with Gasteiger partial charge >= 0.3 is 11.9 Å². The summed E-state index contributed by atoms with van der Waals surface area (Å²) in [5, 5.41) is 10.9. The highest BCUT2D eigenvalue weighted by molar-refractivity contribution is 6.05. The first kappa shape index (κ1) is 24.2. The van der Waals surface area contributed by atoms with Crippen LogP contribution in [0.5, 0.6) is 11.5 Å². The second kappa shape index (κ2) is 11.5. The zero-order valence-electron chi connectivity index (χ0n) is 19.6. The van der Waals surface area contributed by atoms with E-state index in [-0.39, 0.29) is 11.5 Å². The third-order valence-electron chi connectivity index (χ3n) is 5.50. The number of para-hydroxylation sites is 1. The number of carboxylic acids is 1. The van der Waals surface area contributed by atoms with Crippen LogP contribution in [0.15, 0.2) is 121 Å². The molecule has 0 atom stereocenters. The Balaban J connectivity index is 0.000000170. The molecule has 36 heavy (non-hydrogen) atoms. The summed E-state index contributed by atoms with van der Waals surface area (Å²) in [4.78, 5) is 23.2. The van der Waals surface area contributed by atoms with Crippen molar-refractivity contribution in [2.45, 2.75) is 0 Å². The highest BCUT2D eigenvalue weighted by Gasteiger charge is 2.12. The predicted octanol–water partition coefficient (Wildman–Crippen LogP) is 7.12. The van der Waals surface area contributed by atoms with E-state index in [1.165, 1.54) is 7.11 Å². The summed E-state index contributed by atoms with van der Waals surface area (Å²) in [7, 11) is 1.47. The topological polar surface area (TPSA) is 72.8 Å². The number of carbonyl (C=O) groups excluding carboxylic acids is 1. The van der Waals surface area contributed by atoms with E-state index in [0.717, 1.165) is 21.9 Å². The fourth-order valence-corrected chi connectivity index (χ4v) is 3.73. The van der Waals surface area contributed by atoms with Crippen molar-refractivity contribution < 1.29 is 24.2 Å². The third-order valence-corrected chi connectivity index (χ3v) is 5.50. The minimum Gasteiger partial charge on any atom is -0.496 e. The lowest BCUT2D eigenvalue weighted by atomic mass is 10.0. The summed E-state index contributed by atoms with van der Waals surface area (Å²) in [6.45, 7) is 0. The van der Waals surface area contributed by atoms with Gasteiger partial charge in [-0.25, -0.2) is 9.59 Å². The van der Waals surface area contributed by atoms with E-state index in [2.05, 4.69) is 0 Å². The fourth-order valence-electron chi connectivity index (χ4n) is 3.73. The first-order valence-corrected chi connectivity index (χ1v) is 11.3. The molecule has 5 aromatic rings. The molecule has 0 unspecified atom stereocenters. The molecule has 0 aliphatic rings. The van der Waals surface area contributed by atoms with Gasteiger partial charge in [0.05, 0.1) is 12.7 Å². The molecule has 0 saturated carbocycles. The molecule has 5 aromatic carbocycles. The van der Waals surface area contributed by atoms with Crippen LogP contribution in [0.4, 0.5) is 0 Å². The van der Waals surface area contributed by atoms with E-state index in [1.807, 2.05) is 84.9 Å². The van der Waals surface area contributed by atoms with Crippen LogP contribution in [0.25, 0.3) is 21.9 Å². The maximum atomic E-state index is 12.2. The van der Waals surface area contributed by atoms with E-state index in [1.54, 1.807) is 36.4 Å². The van der Waals surface area contributed by atoms with Gasteiger partial charge in [0.2, 0.25) is 0 Å². The van der Waals surface area contributed by atoms with Crippen molar-refractivity contribution in [2.24, 2.45) is 0 Å². The minimum atomic E-state index is -0.985. The van der Waals surface area contributed by atoms with E-state index in [0.29, 0.717) is 17.1 Å². The third kappa shape index (κ3) is 5.77. The predicted molar refractivity (Wildman–Crippen MR) is 141 cm³/mol. The van der Waals surface area contributed by atoms with Gasteiger partial charge in [0.15, 0.2) is 0 Å². The molecule has 5 nitrogen and oxygen atoms in total. The van der Waals surface area contributed by atoms with Crippen LogP contribution in [-0.2, 0) is 0 Å². The number of methoxy groups -OCH3 is 1. The Morgan fingerprint density at radius 2 is 1.28 bits per heavy atom. The molecule has 0 amide bonds. The Kier molecular flexibility index (Phi) is 7.73. The lowest BCUT2D eigenvalue weighted by Crippen LogP contribution is -2.08. The monoisotopic (exact) mass is 476 g/mol. The summed E-state index contributed by atoms with van der Waals surface area (Å²) in [6, 6.07) is 37.3. The van der Waals surface area contributed by atoms with Crippen LogP contribution < -0.4 is 9.47 Å². The molecule has 0 spiro atoms. The van der Waals surface area contributed by atoms with Gasteiger partial charge in [0.1, 0.15) is 17.1 Å². The number of fused-ring (bicyclic) bond motifs is 1. The van der Waals surface area contributed by atoms with Crippen LogP contribution in [-0.4, -0.2) is 24.2 Å². The first-order chi connectivity index (χ1) is 17.6. The number of benzene rings is 5. The second-order valence-corrected chi connectivity index (χ2v) is 7.82. The van der Waals surface area contributed by atoms with E-state index < -0.39 is 5.97 Å². The normalized spacial score (nSPS) is 10.1. The zero-order valence-corrected chi connectivity index (χ0v) is 19.6. The molecule has 0 aliphatic carbocycles. The number of esters is 1. The van der Waals surface area contributed by atoms with Crippen LogP contribution in [0.3, 0.4) is 0 Å². The molecule has 0 aromatic heterocycles. The van der Waals surface area contributed by atoms with Gasteiger partial charge in [0.25, 0.3) is 0 Å². The van der Waals surface area contributed by atoms with Crippen molar-refractivity contribution in [3.8, 4) is 22.6 Å². The summed E-state index contributed by atoms with van der Waals surface area (Å²) in [6.07, 6.45) is 0. The summed E-state index contributed by atoms with van der Waals surface area (Å²) in [5.41, 5.74) is 2.73. The van der Waals surface area contributed by atoms with Crippen molar-refractivity contribution in [3.63, 3.8) is 0 Å². The molecule has 0 heterocycles. The van der Waals surface area contributed by atoms with Gasteiger partial charge in [-0.3, -0.25) is 0 Å². The molecule has 0 fully saturated rings. The quantitative estimate of drug-likeness (QED) is 0.216. The van der Waals surface area contributed by atoms with E-state index in [9.17, 15) is 9.59 Å². The minimum absolute atomic E-state index is 0.173. The van der Waals surface area contributed by atoms with Gasteiger partial charge < -0.3 is 14.6 Å². The molecule has 0 saturated heterocycles. The number of ether oxygens (including phenoxy) is 2. The van der Waals surface area contributed by atoms with Crippen molar-refractivity contribution in [1.82, 2.24) is 0 Å². The van der Waals surface area contributed by atoms with E-state index >= 15 is 0 Å². The van der Waals surface area contributed by atoms with Crippen molar-refractivity contribution in [3.05, 3.63) is 132 Å². The SMILES string of the molecule is COc1cc(-c2ccccc2)ccc1C(=O)O.O=C(Oc1ccccc1)c1cccc2ccccc12. The summed E-state index contributed by atoms with van der Waals surface area (Å²) >= 11 is 0. The van der Waals surface area contributed by atoms with Gasteiger partial charge in [-0.15, -0.1) is 0 Å².